The number of hydrogen-bond acceptors (Lipinski definition) is 3. The van der Waals surface area contributed by atoms with Crippen molar-refractivity contribution in [1.82, 2.24) is 4.98 Å². The maximum Gasteiger partial charge on any atom is 0.0630 e. The van der Waals surface area contributed by atoms with Gasteiger partial charge in [-0.2, -0.15) is 0 Å². The molecule has 0 radical (unpaired) electrons. The predicted octanol–water partition coefficient (Wildman–Crippen LogP) is 3.67. The summed E-state index contributed by atoms with van der Waals surface area (Å²) in [5.74, 6) is 1.68. The van der Waals surface area contributed by atoms with Crippen LogP contribution in [-0.2, 0) is 0 Å². The fourth-order valence-electron chi connectivity index (χ4n) is 3.11. The molecule has 2 aromatic rings. The van der Waals surface area contributed by atoms with Gasteiger partial charge in [-0.25, -0.2) is 0 Å². The van der Waals surface area contributed by atoms with Crippen LogP contribution in [0.4, 0.5) is 11.4 Å². The highest BCUT2D eigenvalue weighted by Crippen LogP contribution is 2.32. The molecule has 19 heavy (non-hydrogen) atoms. The van der Waals surface area contributed by atoms with Crippen molar-refractivity contribution >= 4 is 22.1 Å². The molecule has 2 unspecified atom stereocenters. The molecule has 0 spiro atoms. The minimum Gasteiger partial charge on any atom is -0.397 e. The monoisotopic (exact) mass is 255 g/mol. The number of nitrogens with two attached hydrogens (primary N) is 1. The van der Waals surface area contributed by atoms with Crippen LogP contribution in [-0.4, -0.2) is 11.5 Å². The molecule has 3 heteroatoms. The van der Waals surface area contributed by atoms with Gasteiger partial charge in [-0.1, -0.05) is 19.4 Å². The van der Waals surface area contributed by atoms with E-state index < -0.39 is 0 Å². The summed E-state index contributed by atoms with van der Waals surface area (Å²) in [6.07, 6.45) is 7.69. The molecule has 3 rings (SSSR count). The molecule has 1 aliphatic rings. The molecule has 0 amide bonds. The zero-order valence-corrected chi connectivity index (χ0v) is 11.4. The zero-order valence-electron chi connectivity index (χ0n) is 11.4. The lowest BCUT2D eigenvalue weighted by molar-refractivity contribution is 0.537. The van der Waals surface area contributed by atoms with E-state index >= 15 is 0 Å². The molecule has 1 aliphatic carbocycles. The molecule has 0 saturated heterocycles. The third kappa shape index (κ3) is 2.50. The van der Waals surface area contributed by atoms with Crippen LogP contribution < -0.4 is 11.1 Å². The SMILES string of the molecule is CC1CCC(CNc2ccc3cnccc3c2N)C1. The van der Waals surface area contributed by atoms with Gasteiger partial charge in [0.1, 0.15) is 0 Å². The van der Waals surface area contributed by atoms with Gasteiger partial charge in [0, 0.05) is 29.7 Å². The normalized spacial score (nSPS) is 22.8. The third-order valence-corrected chi connectivity index (χ3v) is 4.25. The van der Waals surface area contributed by atoms with Crippen LogP contribution in [0.25, 0.3) is 10.8 Å². The van der Waals surface area contributed by atoms with E-state index in [4.69, 9.17) is 5.73 Å². The Hall–Kier alpha value is -1.77. The van der Waals surface area contributed by atoms with Crippen LogP contribution in [0.3, 0.4) is 0 Å². The summed E-state index contributed by atoms with van der Waals surface area (Å²) in [7, 11) is 0. The standard InChI is InChI=1S/C16H21N3/c1-11-2-3-12(8-11)9-19-15-5-4-13-10-18-7-6-14(13)16(15)17/h4-7,10-12,19H,2-3,8-9,17H2,1H3. The molecule has 3 N–H and O–H groups in total. The number of benzene rings is 1. The molecule has 1 fully saturated rings. The van der Waals surface area contributed by atoms with Crippen molar-refractivity contribution in [2.45, 2.75) is 26.2 Å². The molecule has 0 aliphatic heterocycles. The van der Waals surface area contributed by atoms with Crippen LogP contribution in [0.5, 0.6) is 0 Å². The fraction of sp³-hybridized carbons (Fsp3) is 0.438. The van der Waals surface area contributed by atoms with Crippen molar-refractivity contribution < 1.29 is 0 Å². The van der Waals surface area contributed by atoms with E-state index in [0.29, 0.717) is 0 Å². The number of nitrogens with zero attached hydrogens (tertiary/aromatic N) is 1. The van der Waals surface area contributed by atoms with Gasteiger partial charge >= 0.3 is 0 Å². The first-order valence-corrected chi connectivity index (χ1v) is 7.10. The van der Waals surface area contributed by atoms with Crippen LogP contribution >= 0.6 is 0 Å². The first-order chi connectivity index (χ1) is 9.24. The number of hydrogen-bond donors (Lipinski definition) is 2. The molecular weight excluding hydrogens is 234 g/mol. The molecular formula is C16H21N3. The largest absolute Gasteiger partial charge is 0.397 e. The number of fused-ring (bicyclic) bond motifs is 1. The molecule has 0 bridgehead atoms. The van der Waals surface area contributed by atoms with E-state index in [9.17, 15) is 0 Å². The Bertz CT molecular complexity index is 579. The van der Waals surface area contributed by atoms with Crippen LogP contribution in [0.1, 0.15) is 26.2 Å². The van der Waals surface area contributed by atoms with E-state index in [0.717, 1.165) is 40.5 Å². The minimum atomic E-state index is 0.794. The number of nitrogens with one attached hydrogen (secondary N) is 1. The summed E-state index contributed by atoms with van der Waals surface area (Å²) >= 11 is 0. The summed E-state index contributed by atoms with van der Waals surface area (Å²) < 4.78 is 0. The summed E-state index contributed by atoms with van der Waals surface area (Å²) in [5, 5.41) is 5.70. The van der Waals surface area contributed by atoms with E-state index in [1.54, 1.807) is 6.20 Å². The number of anilines is 2. The third-order valence-electron chi connectivity index (χ3n) is 4.25. The predicted molar refractivity (Wildman–Crippen MR) is 81.2 cm³/mol. The Morgan fingerprint density at radius 2 is 2.21 bits per heavy atom. The smallest absolute Gasteiger partial charge is 0.0630 e. The average molecular weight is 255 g/mol. The van der Waals surface area contributed by atoms with Crippen molar-refractivity contribution in [1.29, 1.82) is 0 Å². The molecule has 100 valence electrons. The van der Waals surface area contributed by atoms with E-state index in [2.05, 4.69) is 29.4 Å². The summed E-state index contributed by atoms with van der Waals surface area (Å²) in [6, 6.07) is 6.13. The highest BCUT2D eigenvalue weighted by molar-refractivity contribution is 5.98. The highest BCUT2D eigenvalue weighted by Gasteiger charge is 2.21. The number of nitrogen functional groups attached to an aromatic ring is 1. The van der Waals surface area contributed by atoms with E-state index in [1.807, 2.05) is 12.3 Å². The van der Waals surface area contributed by atoms with Gasteiger partial charge in [-0.05, 0) is 36.8 Å². The van der Waals surface area contributed by atoms with Crippen molar-refractivity contribution in [3.8, 4) is 0 Å². The van der Waals surface area contributed by atoms with E-state index in [1.165, 1.54) is 19.3 Å². The Morgan fingerprint density at radius 3 is 3.00 bits per heavy atom. The minimum absolute atomic E-state index is 0.794. The van der Waals surface area contributed by atoms with Gasteiger partial charge in [0.25, 0.3) is 0 Å². The van der Waals surface area contributed by atoms with Gasteiger partial charge < -0.3 is 11.1 Å². The molecule has 1 aromatic carbocycles. The van der Waals surface area contributed by atoms with Crippen molar-refractivity contribution in [2.75, 3.05) is 17.6 Å². The average Bonchev–Trinajstić information content (AvgIpc) is 2.84. The summed E-state index contributed by atoms with van der Waals surface area (Å²) in [4.78, 5) is 4.13. The first-order valence-electron chi connectivity index (χ1n) is 7.10. The van der Waals surface area contributed by atoms with Crippen molar-refractivity contribution in [3.63, 3.8) is 0 Å². The lowest BCUT2D eigenvalue weighted by atomic mass is 10.1. The van der Waals surface area contributed by atoms with Crippen molar-refractivity contribution in [2.24, 2.45) is 11.8 Å². The Labute approximate surface area is 114 Å². The number of aromatic nitrogens is 1. The topological polar surface area (TPSA) is 50.9 Å². The summed E-state index contributed by atoms with van der Waals surface area (Å²) in [5.41, 5.74) is 8.13. The number of rotatable bonds is 3. The number of pyridine rings is 1. The van der Waals surface area contributed by atoms with E-state index in [-0.39, 0.29) is 0 Å². The van der Waals surface area contributed by atoms with Gasteiger partial charge in [-0.15, -0.1) is 0 Å². The Morgan fingerprint density at radius 1 is 1.32 bits per heavy atom. The van der Waals surface area contributed by atoms with Crippen molar-refractivity contribution in [3.05, 3.63) is 30.6 Å². The van der Waals surface area contributed by atoms with Gasteiger partial charge in [-0.3, -0.25) is 4.98 Å². The van der Waals surface area contributed by atoms with Gasteiger partial charge in [0.05, 0.1) is 11.4 Å². The molecule has 3 nitrogen and oxygen atoms in total. The van der Waals surface area contributed by atoms with Gasteiger partial charge in [0.2, 0.25) is 0 Å². The maximum atomic E-state index is 6.24. The quantitative estimate of drug-likeness (QED) is 0.823. The molecule has 1 aromatic heterocycles. The lowest BCUT2D eigenvalue weighted by Gasteiger charge is -2.15. The fourth-order valence-corrected chi connectivity index (χ4v) is 3.11. The molecule has 1 heterocycles. The Kier molecular flexibility index (Phi) is 3.28. The molecule has 1 saturated carbocycles. The highest BCUT2D eigenvalue weighted by atomic mass is 14.9. The second-order valence-electron chi connectivity index (χ2n) is 5.79. The molecule has 2 atom stereocenters. The second kappa shape index (κ2) is 5.08. The van der Waals surface area contributed by atoms with Crippen LogP contribution in [0, 0.1) is 11.8 Å². The summed E-state index contributed by atoms with van der Waals surface area (Å²) in [6.45, 7) is 3.38. The first kappa shape index (κ1) is 12.3. The van der Waals surface area contributed by atoms with Crippen LogP contribution in [0.2, 0.25) is 0 Å². The second-order valence-corrected chi connectivity index (χ2v) is 5.79. The Balaban J connectivity index is 1.76. The van der Waals surface area contributed by atoms with Crippen LogP contribution in [0.15, 0.2) is 30.6 Å². The zero-order chi connectivity index (χ0) is 13.2. The lowest BCUT2D eigenvalue weighted by Crippen LogP contribution is -2.12. The maximum absolute atomic E-state index is 6.24. The van der Waals surface area contributed by atoms with Gasteiger partial charge in [0.15, 0.2) is 0 Å².